The zero-order valence-corrected chi connectivity index (χ0v) is 15.4. The monoisotopic (exact) mass is 194 g/mol. The molecule has 9 heavy (non-hydrogen) atoms. The van der Waals surface area contributed by atoms with E-state index in [0.717, 1.165) is 0 Å². The van der Waals surface area contributed by atoms with Gasteiger partial charge in [-0.1, -0.05) is 0 Å². The molecule has 0 aliphatic rings. The van der Waals surface area contributed by atoms with Crippen molar-refractivity contribution in [3.63, 3.8) is 0 Å². The number of rotatable bonds is 0. The largest absolute Gasteiger partial charge is 1.00 e. The van der Waals surface area contributed by atoms with Crippen LogP contribution in [0.1, 0.15) is 0 Å². The van der Waals surface area contributed by atoms with Crippen LogP contribution in [0.25, 0.3) is 0 Å². The van der Waals surface area contributed by atoms with Crippen LogP contribution in [0, 0.1) is 0 Å². The van der Waals surface area contributed by atoms with Gasteiger partial charge in [-0.2, -0.15) is 0 Å². The molecule has 0 unspecified atom stereocenters. The summed E-state index contributed by atoms with van der Waals surface area (Å²) >= 11 is 0. The summed E-state index contributed by atoms with van der Waals surface area (Å²) in [5.41, 5.74) is 0. The Balaban J connectivity index is 0. The molecule has 9 heteroatoms. The van der Waals surface area contributed by atoms with Gasteiger partial charge in [-0.15, -0.1) is 0 Å². The Bertz CT molecular complexity index is 12.2. The topological polar surface area (TPSA) is 152 Å². The SMILES string of the molecule is O.[K+].[Na+].[Na+].[Na+].[OH-].[OH-].[OH-].[OH-]. The smallest absolute Gasteiger partial charge is 0.870 e. The molecule has 0 aliphatic carbocycles. The molecular weight excluding hydrogens is 188 g/mol. The van der Waals surface area contributed by atoms with Crippen molar-refractivity contribution in [1.29, 1.82) is 0 Å². The van der Waals surface area contributed by atoms with Crippen molar-refractivity contribution in [3.8, 4) is 0 Å². The summed E-state index contributed by atoms with van der Waals surface area (Å²) in [5, 5.41) is 0. The van der Waals surface area contributed by atoms with E-state index in [4.69, 9.17) is 0 Å². The Labute approximate surface area is 163 Å². The van der Waals surface area contributed by atoms with Crippen LogP contribution in [0.4, 0.5) is 0 Å². The summed E-state index contributed by atoms with van der Waals surface area (Å²) in [4.78, 5) is 0. The second kappa shape index (κ2) is 82.6. The van der Waals surface area contributed by atoms with E-state index >= 15 is 0 Å². The summed E-state index contributed by atoms with van der Waals surface area (Å²) in [5.74, 6) is 0. The number of hydrogen-bond acceptors (Lipinski definition) is 4. The molecule has 5 nitrogen and oxygen atoms in total. The van der Waals surface area contributed by atoms with Crippen LogP contribution in [0.15, 0.2) is 0 Å². The maximum absolute atomic E-state index is 0. The summed E-state index contributed by atoms with van der Waals surface area (Å²) in [6.07, 6.45) is 0. The van der Waals surface area contributed by atoms with Crippen molar-refractivity contribution in [2.75, 3.05) is 0 Å². The van der Waals surface area contributed by atoms with Crippen LogP contribution in [0.2, 0.25) is 0 Å². The first-order valence-electron chi connectivity index (χ1n) is 0. The van der Waals surface area contributed by atoms with Crippen LogP contribution in [-0.2, 0) is 0 Å². The molecule has 0 radical (unpaired) electrons. The van der Waals surface area contributed by atoms with E-state index in [1.54, 1.807) is 0 Å². The van der Waals surface area contributed by atoms with E-state index in [9.17, 15) is 0 Å². The average molecular weight is 194 g/mol. The van der Waals surface area contributed by atoms with Crippen molar-refractivity contribution in [2.45, 2.75) is 0 Å². The Morgan fingerprint density at radius 2 is 0.444 bits per heavy atom. The summed E-state index contributed by atoms with van der Waals surface area (Å²) in [6, 6.07) is 0. The van der Waals surface area contributed by atoms with Crippen molar-refractivity contribution >= 4 is 0 Å². The first kappa shape index (κ1) is 106. The van der Waals surface area contributed by atoms with Crippen LogP contribution in [0.5, 0.6) is 0 Å². The van der Waals surface area contributed by atoms with Gasteiger partial charge in [-0.05, 0) is 0 Å². The normalized spacial score (nSPS) is 0. The molecule has 0 saturated heterocycles. The van der Waals surface area contributed by atoms with Crippen LogP contribution < -0.4 is 140 Å². The van der Waals surface area contributed by atoms with Gasteiger partial charge in [0.2, 0.25) is 0 Å². The molecule has 0 rings (SSSR count). The van der Waals surface area contributed by atoms with E-state index in [2.05, 4.69) is 0 Å². The van der Waals surface area contributed by atoms with Gasteiger partial charge in [-0.3, -0.25) is 0 Å². The van der Waals surface area contributed by atoms with Gasteiger partial charge in [0.1, 0.15) is 0 Å². The Hall–Kier alpha value is 4.44. The second-order valence-corrected chi connectivity index (χ2v) is 0. The molecule has 0 aromatic rings. The Kier molecular flexibility index (Phi) is 970. The molecule has 0 fully saturated rings. The van der Waals surface area contributed by atoms with Gasteiger partial charge < -0.3 is 27.4 Å². The first-order chi connectivity index (χ1) is 0. The molecule has 40 valence electrons. The minimum Gasteiger partial charge on any atom is -0.870 e. The minimum absolute atomic E-state index is 0. The average Bonchev–Trinajstić information content (AvgIpc) is 0. The molecule has 0 aromatic heterocycles. The molecule has 0 atom stereocenters. The molecule has 0 spiro atoms. The molecule has 6 N–H and O–H groups in total. The van der Waals surface area contributed by atoms with Crippen molar-refractivity contribution < 1.29 is 167 Å². The standard InChI is InChI=1S/K.3Na.5H2O/h;;;;5*1H2/q4*+1;;;;;/p-4. The zero-order valence-electron chi connectivity index (χ0n) is 6.29. The Morgan fingerprint density at radius 3 is 0.444 bits per heavy atom. The number of hydrogen-bond donors (Lipinski definition) is 0. The minimum atomic E-state index is 0. The third-order valence-electron chi connectivity index (χ3n) is 0. The summed E-state index contributed by atoms with van der Waals surface area (Å²) in [6.45, 7) is 0. The molecule has 0 amide bonds. The predicted octanol–water partition coefficient (Wildman–Crippen LogP) is -13.5. The molecule has 0 aromatic carbocycles. The van der Waals surface area contributed by atoms with Crippen molar-refractivity contribution in [2.24, 2.45) is 0 Å². The van der Waals surface area contributed by atoms with Gasteiger partial charge in [0.05, 0.1) is 0 Å². The zero-order chi connectivity index (χ0) is 0. The fourth-order valence-electron chi connectivity index (χ4n) is 0. The second-order valence-electron chi connectivity index (χ2n) is 0. The first-order valence-corrected chi connectivity index (χ1v) is 0. The van der Waals surface area contributed by atoms with Gasteiger partial charge >= 0.3 is 140 Å². The van der Waals surface area contributed by atoms with E-state index in [1.165, 1.54) is 0 Å². The quantitative estimate of drug-likeness (QED) is 0.351. The molecule has 0 bridgehead atoms. The van der Waals surface area contributed by atoms with E-state index in [-0.39, 0.29) is 167 Å². The summed E-state index contributed by atoms with van der Waals surface area (Å²) in [7, 11) is 0. The molecule has 0 heterocycles. The van der Waals surface area contributed by atoms with Crippen LogP contribution in [-0.4, -0.2) is 27.4 Å². The third-order valence-corrected chi connectivity index (χ3v) is 0. The van der Waals surface area contributed by atoms with Gasteiger partial charge in [0, 0.05) is 0 Å². The van der Waals surface area contributed by atoms with Crippen LogP contribution >= 0.6 is 0 Å². The molecular formula is H6KNa3O5. The van der Waals surface area contributed by atoms with Crippen molar-refractivity contribution in [1.82, 2.24) is 0 Å². The molecule has 0 saturated carbocycles. The third kappa shape index (κ3) is 68.8. The van der Waals surface area contributed by atoms with Crippen LogP contribution in [0.3, 0.4) is 0 Å². The predicted molar refractivity (Wildman–Crippen MR) is 11.4 cm³/mol. The maximum Gasteiger partial charge on any atom is 1.00 e. The fourth-order valence-corrected chi connectivity index (χ4v) is 0. The van der Waals surface area contributed by atoms with Gasteiger partial charge in [-0.25, -0.2) is 0 Å². The summed E-state index contributed by atoms with van der Waals surface area (Å²) < 4.78 is 0. The van der Waals surface area contributed by atoms with E-state index in [1.807, 2.05) is 0 Å². The molecule has 0 aliphatic heterocycles. The van der Waals surface area contributed by atoms with Gasteiger partial charge in [0.25, 0.3) is 0 Å². The van der Waals surface area contributed by atoms with Gasteiger partial charge in [0.15, 0.2) is 0 Å². The van der Waals surface area contributed by atoms with Crippen molar-refractivity contribution in [3.05, 3.63) is 0 Å². The Morgan fingerprint density at radius 1 is 0.444 bits per heavy atom. The fraction of sp³-hybridized carbons (Fsp3) is 0. The maximum atomic E-state index is 0. The van der Waals surface area contributed by atoms with E-state index < -0.39 is 0 Å². The van der Waals surface area contributed by atoms with E-state index in [0.29, 0.717) is 0 Å².